The van der Waals surface area contributed by atoms with Crippen LogP contribution in [-0.2, 0) is 6.42 Å². The van der Waals surface area contributed by atoms with Crippen LogP contribution in [0.25, 0.3) is 0 Å². The summed E-state index contributed by atoms with van der Waals surface area (Å²) in [5.74, 6) is 1.60. The van der Waals surface area contributed by atoms with Crippen molar-refractivity contribution in [2.75, 3.05) is 13.1 Å². The number of aromatic nitrogens is 2. The molecule has 2 N–H and O–H groups in total. The van der Waals surface area contributed by atoms with Gasteiger partial charge in [0.2, 0.25) is 0 Å². The predicted octanol–water partition coefficient (Wildman–Crippen LogP) is 1.28. The third kappa shape index (κ3) is 2.17. The number of nitrogens with zero attached hydrogens (tertiary/aromatic N) is 3. The lowest BCUT2D eigenvalue weighted by Gasteiger charge is -2.25. The summed E-state index contributed by atoms with van der Waals surface area (Å²) in [7, 11) is 0. The Morgan fingerprint density at radius 3 is 3.00 bits per heavy atom. The van der Waals surface area contributed by atoms with E-state index in [2.05, 4.69) is 20.6 Å². The molecule has 5 nitrogen and oxygen atoms in total. The van der Waals surface area contributed by atoms with E-state index < -0.39 is 0 Å². The summed E-state index contributed by atoms with van der Waals surface area (Å²) >= 11 is 0. The molecule has 0 amide bonds. The van der Waals surface area contributed by atoms with Gasteiger partial charge < -0.3 is 10.6 Å². The molecule has 2 aliphatic carbocycles. The average molecular weight is 257 g/mol. The fraction of sp³-hybridized carbons (Fsp3) is 0.643. The largest absolute Gasteiger partial charge is 0.355 e. The average Bonchev–Trinajstić information content (AvgIpc) is 3.17. The highest BCUT2D eigenvalue weighted by Crippen LogP contribution is 2.39. The van der Waals surface area contributed by atoms with E-state index in [1.54, 1.807) is 0 Å². The van der Waals surface area contributed by atoms with Crippen molar-refractivity contribution in [2.24, 2.45) is 4.99 Å². The van der Waals surface area contributed by atoms with E-state index in [4.69, 9.17) is 4.98 Å². The Labute approximate surface area is 112 Å². The maximum absolute atomic E-state index is 4.89. The van der Waals surface area contributed by atoms with E-state index in [-0.39, 0.29) is 6.04 Å². The van der Waals surface area contributed by atoms with Crippen LogP contribution in [0.3, 0.4) is 0 Å². The monoisotopic (exact) mass is 257 g/mol. The molecule has 1 fully saturated rings. The highest BCUT2D eigenvalue weighted by atomic mass is 15.2. The van der Waals surface area contributed by atoms with Gasteiger partial charge in [0.15, 0.2) is 5.96 Å². The maximum atomic E-state index is 4.89. The van der Waals surface area contributed by atoms with Crippen LogP contribution in [0, 0.1) is 0 Å². The number of fused-ring (bicyclic) bond motifs is 1. The number of aryl methyl sites for hydroxylation is 1. The van der Waals surface area contributed by atoms with Crippen molar-refractivity contribution in [1.29, 1.82) is 0 Å². The van der Waals surface area contributed by atoms with E-state index in [1.807, 2.05) is 6.20 Å². The van der Waals surface area contributed by atoms with Crippen molar-refractivity contribution in [3.8, 4) is 0 Å². The highest BCUT2D eigenvalue weighted by molar-refractivity contribution is 5.81. The van der Waals surface area contributed by atoms with Crippen LogP contribution >= 0.6 is 0 Å². The van der Waals surface area contributed by atoms with Gasteiger partial charge in [-0.3, -0.25) is 15.0 Å². The van der Waals surface area contributed by atoms with Crippen LogP contribution in [0.15, 0.2) is 11.2 Å². The van der Waals surface area contributed by atoms with Gasteiger partial charge in [0.25, 0.3) is 0 Å². The molecule has 1 unspecified atom stereocenters. The fourth-order valence-electron chi connectivity index (χ4n) is 2.90. The van der Waals surface area contributed by atoms with Gasteiger partial charge in [0.05, 0.1) is 29.7 Å². The number of guanidine groups is 1. The normalized spacial score (nSPS) is 25.5. The first-order valence-electron chi connectivity index (χ1n) is 7.31. The number of nitrogens with one attached hydrogen (secondary N) is 2. The number of hydrogen-bond donors (Lipinski definition) is 2. The van der Waals surface area contributed by atoms with E-state index >= 15 is 0 Å². The van der Waals surface area contributed by atoms with Gasteiger partial charge in [-0.1, -0.05) is 0 Å². The topological polar surface area (TPSA) is 62.2 Å². The molecule has 1 aromatic heterocycles. The summed E-state index contributed by atoms with van der Waals surface area (Å²) in [6, 6.07) is 0.277. The molecule has 100 valence electrons. The highest BCUT2D eigenvalue weighted by Gasteiger charge is 2.29. The molecular weight excluding hydrogens is 238 g/mol. The van der Waals surface area contributed by atoms with Crippen molar-refractivity contribution < 1.29 is 0 Å². The summed E-state index contributed by atoms with van der Waals surface area (Å²) in [4.78, 5) is 14.0. The number of hydrogen-bond acceptors (Lipinski definition) is 5. The minimum atomic E-state index is 0.277. The van der Waals surface area contributed by atoms with Gasteiger partial charge in [-0.2, -0.15) is 0 Å². The summed E-state index contributed by atoms with van der Waals surface area (Å²) in [6.45, 7) is 1.81. The molecule has 1 aliphatic heterocycles. The van der Waals surface area contributed by atoms with Crippen molar-refractivity contribution in [3.05, 3.63) is 23.3 Å². The van der Waals surface area contributed by atoms with Crippen molar-refractivity contribution >= 4 is 5.96 Å². The SMILES string of the molecule is c1nc2c(nc1C1CC1)C(NC1=NCCN1)CCC2. The maximum Gasteiger partial charge on any atom is 0.191 e. The molecule has 1 saturated carbocycles. The lowest BCUT2D eigenvalue weighted by atomic mass is 9.95. The van der Waals surface area contributed by atoms with Crippen LogP contribution in [0.2, 0.25) is 0 Å². The summed E-state index contributed by atoms with van der Waals surface area (Å²) in [5.41, 5.74) is 3.52. The van der Waals surface area contributed by atoms with Gasteiger partial charge in [0.1, 0.15) is 0 Å². The first-order valence-corrected chi connectivity index (χ1v) is 7.31. The molecule has 5 heteroatoms. The van der Waals surface area contributed by atoms with Crippen LogP contribution < -0.4 is 10.6 Å². The van der Waals surface area contributed by atoms with Crippen molar-refractivity contribution in [2.45, 2.75) is 44.1 Å². The lowest BCUT2D eigenvalue weighted by Crippen LogP contribution is -2.38. The molecule has 0 saturated heterocycles. The zero-order chi connectivity index (χ0) is 12.7. The molecule has 1 atom stereocenters. The Balaban J connectivity index is 1.62. The predicted molar refractivity (Wildman–Crippen MR) is 73.1 cm³/mol. The fourth-order valence-corrected chi connectivity index (χ4v) is 2.90. The molecule has 1 aromatic rings. The quantitative estimate of drug-likeness (QED) is 0.838. The van der Waals surface area contributed by atoms with Gasteiger partial charge in [0, 0.05) is 18.7 Å². The van der Waals surface area contributed by atoms with Crippen LogP contribution in [0.1, 0.15) is 54.7 Å². The van der Waals surface area contributed by atoms with Gasteiger partial charge in [-0.15, -0.1) is 0 Å². The summed E-state index contributed by atoms with van der Waals surface area (Å²) in [5, 5.41) is 6.77. The Bertz CT molecular complexity index is 521. The Kier molecular flexibility index (Phi) is 2.64. The van der Waals surface area contributed by atoms with E-state index in [0.717, 1.165) is 37.6 Å². The molecule has 2 heterocycles. The number of aliphatic imine (C=N–C) groups is 1. The van der Waals surface area contributed by atoms with Crippen molar-refractivity contribution in [3.63, 3.8) is 0 Å². The zero-order valence-electron chi connectivity index (χ0n) is 11.0. The summed E-state index contributed by atoms with van der Waals surface area (Å²) in [6.07, 6.45) is 7.90. The Hall–Kier alpha value is -1.65. The van der Waals surface area contributed by atoms with Crippen LogP contribution in [0.4, 0.5) is 0 Å². The van der Waals surface area contributed by atoms with Crippen LogP contribution in [-0.4, -0.2) is 29.0 Å². The Morgan fingerprint density at radius 1 is 1.26 bits per heavy atom. The first kappa shape index (κ1) is 11.2. The second-order valence-electron chi connectivity index (χ2n) is 5.65. The second kappa shape index (κ2) is 4.47. The molecule has 4 rings (SSSR count). The third-order valence-electron chi connectivity index (χ3n) is 4.12. The van der Waals surface area contributed by atoms with Gasteiger partial charge in [-0.05, 0) is 32.1 Å². The Morgan fingerprint density at radius 2 is 2.21 bits per heavy atom. The molecule has 0 bridgehead atoms. The van der Waals surface area contributed by atoms with Crippen LogP contribution in [0.5, 0.6) is 0 Å². The first-order chi connectivity index (χ1) is 9.40. The standard InChI is InChI=1S/C14H19N5/c1-2-10-13(18-12(8-17-10)9-4-5-9)11(3-1)19-14-15-6-7-16-14/h8-9,11H,1-7H2,(H2,15,16,19). The molecule has 19 heavy (non-hydrogen) atoms. The molecular formula is C14H19N5. The smallest absolute Gasteiger partial charge is 0.191 e. The van der Waals surface area contributed by atoms with Crippen molar-refractivity contribution in [1.82, 2.24) is 20.6 Å². The minimum Gasteiger partial charge on any atom is -0.355 e. The van der Waals surface area contributed by atoms with E-state index in [1.165, 1.54) is 30.7 Å². The second-order valence-corrected chi connectivity index (χ2v) is 5.65. The van der Waals surface area contributed by atoms with Gasteiger partial charge in [-0.25, -0.2) is 0 Å². The molecule has 0 aromatic carbocycles. The van der Waals surface area contributed by atoms with Gasteiger partial charge >= 0.3 is 0 Å². The zero-order valence-corrected chi connectivity index (χ0v) is 11.0. The minimum absolute atomic E-state index is 0.277. The summed E-state index contributed by atoms with van der Waals surface area (Å²) < 4.78 is 0. The van der Waals surface area contributed by atoms with E-state index in [0.29, 0.717) is 5.92 Å². The molecule has 0 spiro atoms. The number of rotatable bonds is 2. The third-order valence-corrected chi connectivity index (χ3v) is 4.12. The molecule has 3 aliphatic rings. The lowest BCUT2D eigenvalue weighted by molar-refractivity contribution is 0.497. The molecule has 0 radical (unpaired) electrons. The van der Waals surface area contributed by atoms with E-state index in [9.17, 15) is 0 Å².